The van der Waals surface area contributed by atoms with E-state index in [-0.39, 0.29) is 0 Å². The summed E-state index contributed by atoms with van der Waals surface area (Å²) in [5.74, 6) is 0. The van der Waals surface area contributed by atoms with Crippen LogP contribution in [0.2, 0.25) is 0 Å². The standard InChI is InChI=1S/C14H14N4O/c1-17-13(7-8-15-17)14(19)11-9-16-18(10-11)12-5-3-2-4-6-12/h2-10,14,19H,1H3. The second kappa shape index (κ2) is 4.70. The number of aryl methyl sites for hydroxylation is 1. The molecular weight excluding hydrogens is 240 g/mol. The van der Waals surface area contributed by atoms with Crippen molar-refractivity contribution in [3.63, 3.8) is 0 Å². The normalized spacial score (nSPS) is 12.5. The lowest BCUT2D eigenvalue weighted by Gasteiger charge is -2.08. The number of rotatable bonds is 3. The SMILES string of the molecule is Cn1nccc1C(O)c1cnn(-c2ccccc2)c1. The Morgan fingerprint density at radius 3 is 2.58 bits per heavy atom. The van der Waals surface area contributed by atoms with Gasteiger partial charge in [-0.25, -0.2) is 4.68 Å². The van der Waals surface area contributed by atoms with E-state index in [9.17, 15) is 5.11 Å². The van der Waals surface area contributed by atoms with E-state index < -0.39 is 6.10 Å². The highest BCUT2D eigenvalue weighted by molar-refractivity contribution is 5.32. The topological polar surface area (TPSA) is 55.9 Å². The average Bonchev–Trinajstić information content (AvgIpc) is 3.08. The first-order valence-electron chi connectivity index (χ1n) is 6.01. The Bertz CT molecular complexity index is 672. The van der Waals surface area contributed by atoms with Crippen molar-refractivity contribution in [3.05, 3.63) is 66.2 Å². The van der Waals surface area contributed by atoms with Crippen molar-refractivity contribution in [3.8, 4) is 5.69 Å². The zero-order valence-corrected chi connectivity index (χ0v) is 10.5. The van der Waals surface area contributed by atoms with Crippen LogP contribution in [-0.4, -0.2) is 24.7 Å². The summed E-state index contributed by atoms with van der Waals surface area (Å²) in [7, 11) is 1.81. The molecule has 3 aromatic rings. The Balaban J connectivity index is 1.92. The summed E-state index contributed by atoms with van der Waals surface area (Å²) in [6.07, 6.45) is 4.45. The van der Waals surface area contributed by atoms with Gasteiger partial charge in [-0.05, 0) is 18.2 Å². The van der Waals surface area contributed by atoms with Gasteiger partial charge in [-0.3, -0.25) is 4.68 Å². The van der Waals surface area contributed by atoms with Crippen LogP contribution in [0, 0.1) is 0 Å². The number of nitrogens with zero attached hydrogens (tertiary/aromatic N) is 4. The first-order chi connectivity index (χ1) is 9.25. The highest BCUT2D eigenvalue weighted by atomic mass is 16.3. The van der Waals surface area contributed by atoms with Crippen LogP contribution in [0.4, 0.5) is 0 Å². The van der Waals surface area contributed by atoms with E-state index in [4.69, 9.17) is 0 Å². The van der Waals surface area contributed by atoms with Gasteiger partial charge in [0.2, 0.25) is 0 Å². The van der Waals surface area contributed by atoms with Gasteiger partial charge in [0, 0.05) is 25.0 Å². The molecule has 1 aromatic carbocycles. The fourth-order valence-electron chi connectivity index (χ4n) is 2.02. The minimum absolute atomic E-state index is 0.718. The minimum atomic E-state index is -0.718. The molecular formula is C14H14N4O. The fraction of sp³-hybridized carbons (Fsp3) is 0.143. The Labute approximate surface area is 110 Å². The molecule has 5 heteroatoms. The molecule has 1 N–H and O–H groups in total. The number of benzene rings is 1. The van der Waals surface area contributed by atoms with E-state index in [1.165, 1.54) is 0 Å². The molecule has 0 saturated carbocycles. The van der Waals surface area contributed by atoms with Gasteiger partial charge in [0.15, 0.2) is 0 Å². The first kappa shape index (κ1) is 11.7. The van der Waals surface area contributed by atoms with Crippen LogP contribution < -0.4 is 0 Å². The molecule has 0 spiro atoms. The molecule has 2 aromatic heterocycles. The van der Waals surface area contributed by atoms with Gasteiger partial charge in [0.05, 0.1) is 17.6 Å². The van der Waals surface area contributed by atoms with Crippen LogP contribution in [0.3, 0.4) is 0 Å². The average molecular weight is 254 g/mol. The summed E-state index contributed by atoms with van der Waals surface area (Å²) in [6.45, 7) is 0. The molecule has 5 nitrogen and oxygen atoms in total. The number of aliphatic hydroxyl groups is 1. The lowest BCUT2D eigenvalue weighted by Crippen LogP contribution is -2.05. The van der Waals surface area contributed by atoms with Gasteiger partial charge < -0.3 is 5.11 Å². The highest BCUT2D eigenvalue weighted by Crippen LogP contribution is 2.21. The van der Waals surface area contributed by atoms with Crippen molar-refractivity contribution in [1.82, 2.24) is 19.6 Å². The van der Waals surface area contributed by atoms with E-state index in [2.05, 4.69) is 10.2 Å². The fourth-order valence-corrected chi connectivity index (χ4v) is 2.02. The Morgan fingerprint density at radius 1 is 1.11 bits per heavy atom. The van der Waals surface area contributed by atoms with Crippen molar-refractivity contribution >= 4 is 0 Å². The number of aromatic nitrogens is 4. The molecule has 0 fully saturated rings. The number of hydrogen-bond donors (Lipinski definition) is 1. The molecule has 0 aliphatic carbocycles. The van der Waals surface area contributed by atoms with Crippen LogP contribution in [0.5, 0.6) is 0 Å². The maximum Gasteiger partial charge on any atom is 0.124 e. The maximum absolute atomic E-state index is 10.3. The molecule has 0 aliphatic heterocycles. The summed E-state index contributed by atoms with van der Waals surface area (Å²) in [6, 6.07) is 11.6. The van der Waals surface area contributed by atoms with E-state index in [0.717, 1.165) is 16.9 Å². The number of aliphatic hydroxyl groups excluding tert-OH is 1. The predicted molar refractivity (Wildman–Crippen MR) is 70.8 cm³/mol. The Morgan fingerprint density at radius 2 is 1.89 bits per heavy atom. The third kappa shape index (κ3) is 2.15. The van der Waals surface area contributed by atoms with Crippen LogP contribution in [0.1, 0.15) is 17.4 Å². The van der Waals surface area contributed by atoms with Gasteiger partial charge in [0.25, 0.3) is 0 Å². The van der Waals surface area contributed by atoms with E-state index in [1.54, 1.807) is 34.9 Å². The summed E-state index contributed by atoms with van der Waals surface area (Å²) in [5, 5.41) is 18.6. The summed E-state index contributed by atoms with van der Waals surface area (Å²) in [5.41, 5.74) is 2.45. The second-order valence-electron chi connectivity index (χ2n) is 4.34. The van der Waals surface area contributed by atoms with Gasteiger partial charge >= 0.3 is 0 Å². The molecule has 1 atom stereocenters. The van der Waals surface area contributed by atoms with Crippen LogP contribution >= 0.6 is 0 Å². The van der Waals surface area contributed by atoms with Crippen LogP contribution in [0.15, 0.2) is 55.0 Å². The Hall–Kier alpha value is -2.40. The van der Waals surface area contributed by atoms with Gasteiger partial charge in [0.1, 0.15) is 6.10 Å². The van der Waals surface area contributed by atoms with Gasteiger partial charge in [-0.15, -0.1) is 0 Å². The van der Waals surface area contributed by atoms with Gasteiger partial charge in [-0.2, -0.15) is 10.2 Å². The van der Waals surface area contributed by atoms with Crippen molar-refractivity contribution in [2.24, 2.45) is 7.05 Å². The molecule has 0 radical (unpaired) electrons. The lowest BCUT2D eigenvalue weighted by atomic mass is 10.1. The zero-order valence-electron chi connectivity index (χ0n) is 10.5. The molecule has 19 heavy (non-hydrogen) atoms. The van der Waals surface area contributed by atoms with Crippen molar-refractivity contribution in [2.45, 2.75) is 6.10 Å². The molecule has 0 amide bonds. The zero-order chi connectivity index (χ0) is 13.2. The minimum Gasteiger partial charge on any atom is -0.382 e. The molecule has 3 rings (SSSR count). The quantitative estimate of drug-likeness (QED) is 0.773. The van der Waals surface area contributed by atoms with Crippen molar-refractivity contribution < 1.29 is 5.11 Å². The second-order valence-corrected chi connectivity index (χ2v) is 4.34. The van der Waals surface area contributed by atoms with Crippen LogP contribution in [-0.2, 0) is 7.05 Å². The molecule has 96 valence electrons. The van der Waals surface area contributed by atoms with Crippen molar-refractivity contribution in [1.29, 1.82) is 0 Å². The molecule has 0 bridgehead atoms. The number of para-hydroxylation sites is 1. The Kier molecular flexibility index (Phi) is 2.89. The lowest BCUT2D eigenvalue weighted by molar-refractivity contribution is 0.209. The molecule has 2 heterocycles. The van der Waals surface area contributed by atoms with Crippen molar-refractivity contribution in [2.75, 3.05) is 0 Å². The molecule has 0 saturated heterocycles. The van der Waals surface area contributed by atoms with Gasteiger partial charge in [-0.1, -0.05) is 18.2 Å². The summed E-state index contributed by atoms with van der Waals surface area (Å²) < 4.78 is 3.40. The highest BCUT2D eigenvalue weighted by Gasteiger charge is 2.16. The molecule has 0 aliphatic rings. The first-order valence-corrected chi connectivity index (χ1v) is 6.01. The third-order valence-electron chi connectivity index (χ3n) is 3.08. The van der Waals surface area contributed by atoms with E-state index in [0.29, 0.717) is 0 Å². The predicted octanol–water partition coefficient (Wildman–Crippen LogP) is 1.69. The van der Waals surface area contributed by atoms with E-state index >= 15 is 0 Å². The summed E-state index contributed by atoms with van der Waals surface area (Å²) >= 11 is 0. The maximum atomic E-state index is 10.3. The largest absolute Gasteiger partial charge is 0.382 e. The monoisotopic (exact) mass is 254 g/mol. The van der Waals surface area contributed by atoms with E-state index in [1.807, 2.05) is 36.5 Å². The number of hydrogen-bond acceptors (Lipinski definition) is 3. The van der Waals surface area contributed by atoms with Crippen LogP contribution in [0.25, 0.3) is 5.69 Å². The molecule has 1 unspecified atom stereocenters. The third-order valence-corrected chi connectivity index (χ3v) is 3.08. The summed E-state index contributed by atoms with van der Waals surface area (Å²) in [4.78, 5) is 0. The smallest absolute Gasteiger partial charge is 0.124 e.